The summed E-state index contributed by atoms with van der Waals surface area (Å²) in [5, 5.41) is 3.32. The monoisotopic (exact) mass is 408 g/mol. The number of halogens is 1. The Morgan fingerprint density at radius 3 is 2.56 bits per heavy atom. The van der Waals surface area contributed by atoms with Gasteiger partial charge in [-0.3, -0.25) is 4.79 Å². The van der Waals surface area contributed by atoms with Crippen LogP contribution in [-0.2, 0) is 10.0 Å². The van der Waals surface area contributed by atoms with Crippen molar-refractivity contribution in [2.45, 2.75) is 24.7 Å². The molecular weight excluding hydrogens is 388 g/mol. The second-order valence-electron chi connectivity index (χ2n) is 6.34. The molecule has 1 saturated heterocycles. The Balaban J connectivity index is 1.95. The van der Waals surface area contributed by atoms with E-state index in [1.807, 2.05) is 0 Å². The zero-order valence-electron chi connectivity index (χ0n) is 15.2. The molecule has 1 fully saturated rings. The van der Waals surface area contributed by atoms with Gasteiger partial charge in [0.2, 0.25) is 10.0 Å². The smallest absolute Gasteiger partial charge is 0.255 e. The second kappa shape index (κ2) is 7.88. The van der Waals surface area contributed by atoms with Gasteiger partial charge in [0.15, 0.2) is 0 Å². The van der Waals surface area contributed by atoms with Crippen molar-refractivity contribution in [3.8, 4) is 5.75 Å². The number of ether oxygens (including phenoxy) is 1. The SMILES string of the molecule is COc1ccc(C(=O)Nc2cccc(Cl)c2C)cc1S(=O)(=O)N1CCCC1. The third kappa shape index (κ3) is 3.95. The van der Waals surface area contributed by atoms with Gasteiger partial charge < -0.3 is 10.1 Å². The lowest BCUT2D eigenvalue weighted by molar-refractivity contribution is 0.102. The van der Waals surface area contributed by atoms with E-state index in [1.54, 1.807) is 25.1 Å². The summed E-state index contributed by atoms with van der Waals surface area (Å²) in [6.45, 7) is 2.75. The first-order valence-corrected chi connectivity index (χ1v) is 10.4. The minimum atomic E-state index is -3.72. The second-order valence-corrected chi connectivity index (χ2v) is 8.66. The van der Waals surface area contributed by atoms with Gasteiger partial charge in [-0.15, -0.1) is 0 Å². The molecular formula is C19H21ClN2O4S. The molecule has 1 N–H and O–H groups in total. The van der Waals surface area contributed by atoms with Gasteiger partial charge in [0.05, 0.1) is 7.11 Å². The van der Waals surface area contributed by atoms with Crippen molar-refractivity contribution < 1.29 is 17.9 Å². The first-order valence-electron chi connectivity index (χ1n) is 8.59. The molecule has 0 aliphatic carbocycles. The molecule has 0 saturated carbocycles. The number of sulfonamides is 1. The summed E-state index contributed by atoms with van der Waals surface area (Å²) < 4.78 is 32.5. The van der Waals surface area contributed by atoms with Crippen LogP contribution in [-0.4, -0.2) is 38.8 Å². The number of nitrogens with zero attached hydrogens (tertiary/aromatic N) is 1. The Hall–Kier alpha value is -2.09. The van der Waals surface area contributed by atoms with Gasteiger partial charge in [-0.2, -0.15) is 4.31 Å². The van der Waals surface area contributed by atoms with Crippen LogP contribution in [0.15, 0.2) is 41.3 Å². The first-order chi connectivity index (χ1) is 12.8. The zero-order chi connectivity index (χ0) is 19.6. The van der Waals surface area contributed by atoms with Crippen LogP contribution in [0.3, 0.4) is 0 Å². The van der Waals surface area contributed by atoms with E-state index in [2.05, 4.69) is 5.32 Å². The van der Waals surface area contributed by atoms with Gasteiger partial charge in [0, 0.05) is 29.4 Å². The molecule has 27 heavy (non-hydrogen) atoms. The summed E-state index contributed by atoms with van der Waals surface area (Å²) >= 11 is 6.09. The molecule has 1 aliphatic heterocycles. The van der Waals surface area contributed by atoms with E-state index < -0.39 is 15.9 Å². The van der Waals surface area contributed by atoms with Crippen molar-refractivity contribution in [3.63, 3.8) is 0 Å². The van der Waals surface area contributed by atoms with Crippen molar-refractivity contribution in [2.24, 2.45) is 0 Å². The summed E-state index contributed by atoms with van der Waals surface area (Å²) in [5.41, 5.74) is 1.55. The maximum atomic E-state index is 12.9. The number of carbonyl (C=O) groups excluding carboxylic acids is 1. The van der Waals surface area contributed by atoms with Crippen LogP contribution in [0.25, 0.3) is 0 Å². The molecule has 1 aliphatic rings. The minimum absolute atomic E-state index is 0.00219. The van der Waals surface area contributed by atoms with Gasteiger partial charge in [0.25, 0.3) is 5.91 Å². The standard InChI is InChI=1S/C19H21ClN2O4S/c1-13-15(20)6-5-7-16(13)21-19(23)14-8-9-17(26-2)18(12-14)27(24,25)22-10-3-4-11-22/h5-9,12H,3-4,10-11H2,1-2H3,(H,21,23). The fourth-order valence-electron chi connectivity index (χ4n) is 3.02. The quantitative estimate of drug-likeness (QED) is 0.818. The molecule has 0 atom stereocenters. The number of rotatable bonds is 5. The van der Waals surface area contributed by atoms with Crippen LogP contribution >= 0.6 is 11.6 Å². The topological polar surface area (TPSA) is 75.7 Å². The Morgan fingerprint density at radius 1 is 1.19 bits per heavy atom. The normalized spacial score (nSPS) is 14.9. The lowest BCUT2D eigenvalue weighted by Crippen LogP contribution is -2.28. The summed E-state index contributed by atoms with van der Waals surface area (Å²) in [6, 6.07) is 9.62. The van der Waals surface area contributed by atoms with Crippen LogP contribution in [0, 0.1) is 6.92 Å². The fraction of sp³-hybridized carbons (Fsp3) is 0.316. The van der Waals surface area contributed by atoms with Crippen molar-refractivity contribution in [1.82, 2.24) is 4.31 Å². The Kier molecular flexibility index (Phi) is 5.74. The fourth-order valence-corrected chi connectivity index (χ4v) is 4.90. The summed E-state index contributed by atoms with van der Waals surface area (Å²) in [7, 11) is -2.31. The highest BCUT2D eigenvalue weighted by Crippen LogP contribution is 2.30. The van der Waals surface area contributed by atoms with Crippen LogP contribution in [0.4, 0.5) is 5.69 Å². The number of amides is 1. The largest absolute Gasteiger partial charge is 0.495 e. The lowest BCUT2D eigenvalue weighted by Gasteiger charge is -2.18. The molecule has 144 valence electrons. The van der Waals surface area contributed by atoms with E-state index >= 15 is 0 Å². The maximum Gasteiger partial charge on any atom is 0.255 e. The third-order valence-electron chi connectivity index (χ3n) is 4.62. The van der Waals surface area contributed by atoms with E-state index in [4.69, 9.17) is 16.3 Å². The minimum Gasteiger partial charge on any atom is -0.495 e. The third-order valence-corrected chi connectivity index (χ3v) is 6.95. The number of hydrogen-bond donors (Lipinski definition) is 1. The van der Waals surface area contributed by atoms with E-state index in [0.717, 1.165) is 18.4 Å². The van der Waals surface area contributed by atoms with Gasteiger partial charge in [-0.05, 0) is 55.7 Å². The van der Waals surface area contributed by atoms with E-state index in [-0.39, 0.29) is 16.2 Å². The molecule has 0 radical (unpaired) electrons. The summed E-state index contributed by atoms with van der Waals surface area (Å²) in [6.07, 6.45) is 1.66. The van der Waals surface area contributed by atoms with Gasteiger partial charge in [0.1, 0.15) is 10.6 Å². The number of carbonyl (C=O) groups is 1. The lowest BCUT2D eigenvalue weighted by atomic mass is 10.1. The Morgan fingerprint density at radius 2 is 1.89 bits per heavy atom. The van der Waals surface area contributed by atoms with Crippen LogP contribution < -0.4 is 10.1 Å². The highest BCUT2D eigenvalue weighted by atomic mass is 35.5. The molecule has 2 aromatic rings. The Bertz CT molecular complexity index is 970. The molecule has 3 rings (SSSR count). The van der Waals surface area contributed by atoms with Gasteiger partial charge in [-0.1, -0.05) is 17.7 Å². The van der Waals surface area contributed by atoms with Crippen molar-refractivity contribution >= 4 is 33.2 Å². The van der Waals surface area contributed by atoms with Crippen molar-refractivity contribution in [2.75, 3.05) is 25.5 Å². The number of nitrogens with one attached hydrogen (secondary N) is 1. The highest BCUT2D eigenvalue weighted by Gasteiger charge is 2.30. The van der Waals surface area contributed by atoms with E-state index in [9.17, 15) is 13.2 Å². The molecule has 2 aromatic carbocycles. The molecule has 8 heteroatoms. The summed E-state index contributed by atoms with van der Waals surface area (Å²) in [5.74, 6) is -0.196. The maximum absolute atomic E-state index is 12.9. The predicted octanol–water partition coefficient (Wildman–Crippen LogP) is 3.69. The molecule has 0 bridgehead atoms. The molecule has 0 unspecified atom stereocenters. The van der Waals surface area contributed by atoms with Gasteiger partial charge in [-0.25, -0.2) is 8.42 Å². The summed E-state index contributed by atoms with van der Waals surface area (Å²) in [4.78, 5) is 12.7. The number of anilines is 1. The highest BCUT2D eigenvalue weighted by molar-refractivity contribution is 7.89. The van der Waals surface area contributed by atoms with Crippen LogP contribution in [0.5, 0.6) is 5.75 Å². The molecule has 6 nitrogen and oxygen atoms in total. The number of hydrogen-bond acceptors (Lipinski definition) is 4. The Labute approximate surface area is 164 Å². The first kappa shape index (κ1) is 19.7. The number of methoxy groups -OCH3 is 1. The molecule has 0 spiro atoms. The van der Waals surface area contributed by atoms with Crippen LogP contribution in [0.2, 0.25) is 5.02 Å². The van der Waals surface area contributed by atoms with Crippen LogP contribution in [0.1, 0.15) is 28.8 Å². The van der Waals surface area contributed by atoms with E-state index in [1.165, 1.54) is 29.6 Å². The van der Waals surface area contributed by atoms with Gasteiger partial charge >= 0.3 is 0 Å². The average Bonchev–Trinajstić information content (AvgIpc) is 3.20. The van der Waals surface area contributed by atoms with E-state index in [0.29, 0.717) is 23.8 Å². The predicted molar refractivity (Wildman–Crippen MR) is 105 cm³/mol. The molecule has 1 amide bonds. The van der Waals surface area contributed by atoms with Crippen molar-refractivity contribution in [3.05, 3.63) is 52.5 Å². The average molecular weight is 409 g/mol. The molecule has 1 heterocycles. The van der Waals surface area contributed by atoms with Crippen molar-refractivity contribution in [1.29, 1.82) is 0 Å². The number of benzene rings is 2. The zero-order valence-corrected chi connectivity index (χ0v) is 16.7. The molecule has 0 aromatic heterocycles.